The van der Waals surface area contributed by atoms with Crippen molar-refractivity contribution in [1.82, 2.24) is 0 Å². The van der Waals surface area contributed by atoms with E-state index in [1.165, 1.54) is 154 Å². The maximum atomic E-state index is 12.6. The lowest BCUT2D eigenvalue weighted by Crippen LogP contribution is -2.37. The zero-order valence-corrected chi connectivity index (χ0v) is 38.5. The number of phosphoric acid groups is 1. The second-order valence-corrected chi connectivity index (χ2v) is 18.6. The molecule has 0 saturated heterocycles. The summed E-state index contributed by atoms with van der Waals surface area (Å²) >= 11 is 0. The molecule has 9 heteroatoms. The standard InChI is InChI=1S/C47H92NO7P/c1-6-8-10-12-14-16-17-18-19-20-21-22-23-24-25-26-27-28-29-30-31-32-33-35-37-39-42-52-44-46(45-54-56(50,51)53-43-41-48(3,4)5)55-47(49)40-38-36-34-15-13-11-9-7-2/h17-18,20-21,46H,6-16,19,22-45H2,1-5H3/p+1/b18-17-,21-20-. The maximum Gasteiger partial charge on any atom is 0.472 e. The first kappa shape index (κ1) is 55.0. The number of carbonyl (C=O) groups excluding carboxylic acids is 1. The number of likely N-dealkylation sites (N-methyl/N-ethyl adjacent to an activating group) is 1. The molecule has 0 spiro atoms. The number of ether oxygens (including phenoxy) is 2. The zero-order valence-electron chi connectivity index (χ0n) is 37.6. The minimum Gasteiger partial charge on any atom is -0.457 e. The summed E-state index contributed by atoms with van der Waals surface area (Å²) < 4.78 is 34.9. The average Bonchev–Trinajstić information content (AvgIpc) is 3.15. The lowest BCUT2D eigenvalue weighted by Gasteiger charge is -2.24. The predicted molar refractivity (Wildman–Crippen MR) is 238 cm³/mol. The minimum atomic E-state index is -4.26. The molecule has 0 amide bonds. The number of unbranched alkanes of at least 4 members (excludes halogenated alkanes) is 26. The normalized spacial score (nSPS) is 13.9. The van der Waals surface area contributed by atoms with Crippen LogP contribution in [0.4, 0.5) is 0 Å². The minimum absolute atomic E-state index is 0.0908. The number of phosphoric ester groups is 1. The summed E-state index contributed by atoms with van der Waals surface area (Å²) in [5, 5.41) is 0. The molecule has 332 valence electrons. The van der Waals surface area contributed by atoms with E-state index in [0.29, 0.717) is 24.1 Å². The third-order valence-corrected chi connectivity index (χ3v) is 11.2. The number of carbonyl (C=O) groups is 1. The van der Waals surface area contributed by atoms with E-state index in [9.17, 15) is 14.3 Å². The van der Waals surface area contributed by atoms with Crippen LogP contribution in [0.15, 0.2) is 24.3 Å². The fourth-order valence-corrected chi connectivity index (χ4v) is 7.33. The first-order valence-corrected chi connectivity index (χ1v) is 25.1. The quantitative estimate of drug-likeness (QED) is 0.0215. The highest BCUT2D eigenvalue weighted by Crippen LogP contribution is 2.43. The Hall–Kier alpha value is -1.02. The van der Waals surface area contributed by atoms with Crippen LogP contribution < -0.4 is 0 Å². The maximum absolute atomic E-state index is 12.6. The summed E-state index contributed by atoms with van der Waals surface area (Å²) in [6.45, 7) is 5.61. The largest absolute Gasteiger partial charge is 0.472 e. The van der Waals surface area contributed by atoms with E-state index in [4.69, 9.17) is 18.5 Å². The molecule has 0 rings (SSSR count). The van der Waals surface area contributed by atoms with Gasteiger partial charge in [0.15, 0.2) is 0 Å². The van der Waals surface area contributed by atoms with Gasteiger partial charge in [-0.05, 0) is 44.9 Å². The van der Waals surface area contributed by atoms with Crippen molar-refractivity contribution in [2.24, 2.45) is 0 Å². The van der Waals surface area contributed by atoms with Gasteiger partial charge in [-0.2, -0.15) is 0 Å². The van der Waals surface area contributed by atoms with Crippen LogP contribution in [0.2, 0.25) is 0 Å². The van der Waals surface area contributed by atoms with Crippen molar-refractivity contribution in [3.63, 3.8) is 0 Å². The molecule has 0 saturated carbocycles. The van der Waals surface area contributed by atoms with Gasteiger partial charge in [0.1, 0.15) is 19.3 Å². The Morgan fingerprint density at radius 3 is 1.45 bits per heavy atom. The SMILES string of the molecule is CCCCCCC/C=C\C/C=C\CCCCCCCCCCCCCCCCOCC(COP(=O)(O)OCC[N+](C)(C)C)OC(=O)CCCCCCCCCC. The number of esters is 1. The number of nitrogens with zero attached hydrogens (tertiary/aromatic N) is 1. The Kier molecular flexibility index (Phi) is 40.0. The Morgan fingerprint density at radius 1 is 0.554 bits per heavy atom. The molecule has 56 heavy (non-hydrogen) atoms. The molecule has 0 aromatic heterocycles. The van der Waals surface area contributed by atoms with Crippen molar-refractivity contribution < 1.29 is 37.3 Å². The Morgan fingerprint density at radius 2 is 0.982 bits per heavy atom. The summed E-state index contributed by atoms with van der Waals surface area (Å²) in [5.41, 5.74) is 0. The van der Waals surface area contributed by atoms with E-state index >= 15 is 0 Å². The van der Waals surface area contributed by atoms with Gasteiger partial charge in [0.25, 0.3) is 0 Å². The third-order valence-electron chi connectivity index (χ3n) is 10.3. The Labute approximate surface area is 347 Å². The van der Waals surface area contributed by atoms with Gasteiger partial charge in [-0.25, -0.2) is 4.57 Å². The third kappa shape index (κ3) is 44.1. The second kappa shape index (κ2) is 40.7. The van der Waals surface area contributed by atoms with Crippen LogP contribution >= 0.6 is 7.82 Å². The molecule has 0 aromatic rings. The van der Waals surface area contributed by atoms with Gasteiger partial charge in [0, 0.05) is 13.0 Å². The van der Waals surface area contributed by atoms with E-state index in [2.05, 4.69) is 38.2 Å². The highest BCUT2D eigenvalue weighted by Gasteiger charge is 2.26. The van der Waals surface area contributed by atoms with Crippen LogP contribution in [-0.4, -0.2) is 75.6 Å². The highest BCUT2D eigenvalue weighted by molar-refractivity contribution is 7.47. The Bertz CT molecular complexity index is 951. The fraction of sp³-hybridized carbons (Fsp3) is 0.894. The monoisotopic (exact) mass is 815 g/mol. The predicted octanol–water partition coefficient (Wildman–Crippen LogP) is 14.0. The number of allylic oxidation sites excluding steroid dienone is 4. The van der Waals surface area contributed by atoms with Crippen LogP contribution in [0.1, 0.15) is 213 Å². The van der Waals surface area contributed by atoms with Crippen LogP contribution in [0.3, 0.4) is 0 Å². The van der Waals surface area contributed by atoms with E-state index in [-0.39, 0.29) is 25.8 Å². The van der Waals surface area contributed by atoms with Crippen molar-refractivity contribution in [3.05, 3.63) is 24.3 Å². The summed E-state index contributed by atoms with van der Waals surface area (Å²) in [4.78, 5) is 22.8. The van der Waals surface area contributed by atoms with Crippen molar-refractivity contribution in [2.45, 2.75) is 219 Å². The average molecular weight is 815 g/mol. The summed E-state index contributed by atoms with van der Waals surface area (Å²) in [7, 11) is 1.67. The van der Waals surface area contributed by atoms with Crippen molar-refractivity contribution in [2.75, 3.05) is 54.1 Å². The molecule has 0 fully saturated rings. The van der Waals surface area contributed by atoms with Gasteiger partial charge >= 0.3 is 13.8 Å². The van der Waals surface area contributed by atoms with Gasteiger partial charge in [0.05, 0.1) is 34.4 Å². The van der Waals surface area contributed by atoms with Crippen molar-refractivity contribution >= 4 is 13.8 Å². The number of hydrogen-bond donors (Lipinski definition) is 1. The van der Waals surface area contributed by atoms with Crippen LogP contribution in [0.25, 0.3) is 0 Å². The lowest BCUT2D eigenvalue weighted by molar-refractivity contribution is -0.870. The van der Waals surface area contributed by atoms with E-state index < -0.39 is 13.9 Å². The molecule has 0 aliphatic heterocycles. The smallest absolute Gasteiger partial charge is 0.457 e. The van der Waals surface area contributed by atoms with Gasteiger partial charge in [-0.15, -0.1) is 0 Å². The van der Waals surface area contributed by atoms with Gasteiger partial charge in [-0.3, -0.25) is 13.8 Å². The first-order valence-electron chi connectivity index (χ1n) is 23.6. The van der Waals surface area contributed by atoms with Gasteiger partial charge in [-0.1, -0.05) is 186 Å². The molecule has 0 bridgehead atoms. The fourth-order valence-electron chi connectivity index (χ4n) is 6.58. The number of rotatable bonds is 44. The lowest BCUT2D eigenvalue weighted by atomic mass is 10.0. The van der Waals surface area contributed by atoms with E-state index in [0.717, 1.165) is 38.5 Å². The topological polar surface area (TPSA) is 91.3 Å². The molecular formula is C47H93NO7P+. The van der Waals surface area contributed by atoms with Crippen LogP contribution in [-0.2, 0) is 27.9 Å². The molecular weight excluding hydrogens is 721 g/mol. The van der Waals surface area contributed by atoms with Gasteiger partial charge in [0.2, 0.25) is 0 Å². The summed E-state index contributed by atoms with van der Waals surface area (Å²) in [5.74, 6) is -0.316. The number of quaternary nitrogens is 1. The molecule has 0 aliphatic carbocycles. The molecule has 1 N–H and O–H groups in total. The molecule has 2 atom stereocenters. The van der Waals surface area contributed by atoms with Gasteiger partial charge < -0.3 is 18.9 Å². The molecule has 0 heterocycles. The molecule has 8 nitrogen and oxygen atoms in total. The molecule has 0 aliphatic rings. The Balaban J connectivity index is 3.95. The second-order valence-electron chi connectivity index (χ2n) is 17.1. The van der Waals surface area contributed by atoms with Crippen LogP contribution in [0.5, 0.6) is 0 Å². The molecule has 0 aromatic carbocycles. The zero-order chi connectivity index (χ0) is 41.3. The van der Waals surface area contributed by atoms with E-state index in [1.54, 1.807) is 0 Å². The number of hydrogen-bond acceptors (Lipinski definition) is 6. The van der Waals surface area contributed by atoms with Crippen LogP contribution in [0, 0.1) is 0 Å². The highest BCUT2D eigenvalue weighted by atomic mass is 31.2. The molecule has 0 radical (unpaired) electrons. The summed E-state index contributed by atoms with van der Waals surface area (Å²) in [6, 6.07) is 0. The first-order chi connectivity index (χ1) is 27.1. The molecule has 2 unspecified atom stereocenters. The van der Waals surface area contributed by atoms with E-state index in [1.807, 2.05) is 21.1 Å². The van der Waals surface area contributed by atoms with Crippen molar-refractivity contribution in [1.29, 1.82) is 0 Å². The summed E-state index contributed by atoms with van der Waals surface area (Å²) in [6.07, 6.45) is 46.7. The van der Waals surface area contributed by atoms with Crippen molar-refractivity contribution in [3.8, 4) is 0 Å².